The Kier molecular flexibility index (Phi) is 3.93. The Labute approximate surface area is 133 Å². The van der Waals surface area contributed by atoms with Gasteiger partial charge < -0.3 is 4.90 Å². The van der Waals surface area contributed by atoms with Gasteiger partial charge in [-0.3, -0.25) is 9.89 Å². The average molecular weight is 337 g/mol. The SMILES string of the molecule is CS(=O)(=O)C1CCN(C(=O)c2cc(-c3ccc(F)cc3)n[nH]2)C1. The number of rotatable bonds is 3. The largest absolute Gasteiger partial charge is 0.336 e. The molecule has 1 amide bonds. The smallest absolute Gasteiger partial charge is 0.271 e. The fraction of sp³-hybridized carbons (Fsp3) is 0.333. The Hall–Kier alpha value is -2.22. The number of carbonyl (C=O) groups excluding carboxylic acids is 1. The van der Waals surface area contributed by atoms with Crippen LogP contribution in [-0.2, 0) is 9.84 Å². The first-order valence-corrected chi connectivity index (χ1v) is 9.09. The van der Waals surface area contributed by atoms with Gasteiger partial charge in [0, 0.05) is 24.9 Å². The van der Waals surface area contributed by atoms with Gasteiger partial charge in [-0.15, -0.1) is 0 Å². The first-order valence-electron chi connectivity index (χ1n) is 7.14. The van der Waals surface area contributed by atoms with Crippen molar-refractivity contribution in [1.82, 2.24) is 15.1 Å². The summed E-state index contributed by atoms with van der Waals surface area (Å²) in [7, 11) is -3.15. The van der Waals surface area contributed by atoms with Crippen molar-refractivity contribution >= 4 is 15.7 Å². The highest BCUT2D eigenvalue weighted by Gasteiger charge is 2.33. The first-order chi connectivity index (χ1) is 10.8. The number of aromatic amines is 1. The molecule has 3 rings (SSSR count). The van der Waals surface area contributed by atoms with E-state index >= 15 is 0 Å². The summed E-state index contributed by atoms with van der Waals surface area (Å²) in [5.74, 6) is -0.624. The van der Waals surface area contributed by atoms with Gasteiger partial charge in [0.15, 0.2) is 9.84 Å². The molecule has 1 atom stereocenters. The molecular formula is C15H16FN3O3S. The highest BCUT2D eigenvalue weighted by atomic mass is 32.2. The van der Waals surface area contributed by atoms with Crippen molar-refractivity contribution in [3.05, 3.63) is 41.8 Å². The number of H-pyrrole nitrogens is 1. The lowest BCUT2D eigenvalue weighted by Gasteiger charge is -2.14. The second-order valence-corrected chi connectivity index (χ2v) is 7.99. The lowest BCUT2D eigenvalue weighted by molar-refractivity contribution is 0.0787. The average Bonchev–Trinajstić information content (AvgIpc) is 3.16. The van der Waals surface area contributed by atoms with Crippen LogP contribution in [0.15, 0.2) is 30.3 Å². The monoisotopic (exact) mass is 337 g/mol. The third-order valence-electron chi connectivity index (χ3n) is 3.99. The van der Waals surface area contributed by atoms with E-state index in [-0.39, 0.29) is 18.3 Å². The Balaban J connectivity index is 1.76. The van der Waals surface area contributed by atoms with Gasteiger partial charge in [0.2, 0.25) is 0 Å². The van der Waals surface area contributed by atoms with Crippen molar-refractivity contribution in [2.24, 2.45) is 0 Å². The summed E-state index contributed by atoms with van der Waals surface area (Å²) in [6.07, 6.45) is 1.64. The molecule has 2 heterocycles. The maximum atomic E-state index is 12.9. The zero-order valence-corrected chi connectivity index (χ0v) is 13.3. The zero-order valence-electron chi connectivity index (χ0n) is 12.5. The highest BCUT2D eigenvalue weighted by molar-refractivity contribution is 7.91. The van der Waals surface area contributed by atoms with Gasteiger partial charge in [0.25, 0.3) is 5.91 Å². The standard InChI is InChI=1S/C15H16FN3O3S/c1-23(21,22)12-6-7-19(9-12)15(20)14-8-13(17-18-14)10-2-4-11(16)5-3-10/h2-5,8,12H,6-7,9H2,1H3,(H,17,18). The normalized spacial score (nSPS) is 18.3. The lowest BCUT2D eigenvalue weighted by Crippen LogP contribution is -2.31. The summed E-state index contributed by atoms with van der Waals surface area (Å²) >= 11 is 0. The summed E-state index contributed by atoms with van der Waals surface area (Å²) in [6.45, 7) is 0.601. The maximum absolute atomic E-state index is 12.9. The van der Waals surface area contributed by atoms with E-state index in [1.165, 1.54) is 23.3 Å². The Bertz CT molecular complexity index is 830. The minimum Gasteiger partial charge on any atom is -0.336 e. The molecule has 1 saturated heterocycles. The quantitative estimate of drug-likeness (QED) is 0.919. The van der Waals surface area contributed by atoms with Crippen molar-refractivity contribution in [2.45, 2.75) is 11.7 Å². The minimum atomic E-state index is -3.15. The lowest BCUT2D eigenvalue weighted by atomic mass is 10.1. The zero-order chi connectivity index (χ0) is 16.6. The van der Waals surface area contributed by atoms with Crippen molar-refractivity contribution in [1.29, 1.82) is 0 Å². The molecule has 1 aliphatic rings. The van der Waals surface area contributed by atoms with Crippen molar-refractivity contribution in [3.8, 4) is 11.3 Å². The predicted octanol–water partition coefficient (Wildman–Crippen LogP) is 1.47. The number of nitrogens with one attached hydrogen (secondary N) is 1. The maximum Gasteiger partial charge on any atom is 0.271 e. The molecule has 0 radical (unpaired) electrons. The number of sulfone groups is 1. The van der Waals surface area contributed by atoms with Crippen LogP contribution in [0.3, 0.4) is 0 Å². The molecule has 1 aromatic heterocycles. The van der Waals surface area contributed by atoms with E-state index in [9.17, 15) is 17.6 Å². The number of hydrogen-bond acceptors (Lipinski definition) is 4. The van der Waals surface area contributed by atoms with Crippen LogP contribution in [0.2, 0.25) is 0 Å². The van der Waals surface area contributed by atoms with Crippen LogP contribution in [0.4, 0.5) is 4.39 Å². The number of amides is 1. The molecule has 0 bridgehead atoms. The van der Waals surface area contributed by atoms with Gasteiger partial charge in [-0.25, -0.2) is 12.8 Å². The fourth-order valence-corrected chi connectivity index (χ4v) is 3.62. The molecule has 1 aromatic carbocycles. The third-order valence-corrected chi connectivity index (χ3v) is 5.58. The molecule has 0 spiro atoms. The number of benzene rings is 1. The van der Waals surface area contributed by atoms with Crippen molar-refractivity contribution in [3.63, 3.8) is 0 Å². The van der Waals surface area contributed by atoms with E-state index in [0.717, 1.165) is 0 Å². The second kappa shape index (κ2) is 5.77. The van der Waals surface area contributed by atoms with Crippen LogP contribution in [0.5, 0.6) is 0 Å². The summed E-state index contributed by atoms with van der Waals surface area (Å²) in [5, 5.41) is 6.22. The Morgan fingerprint density at radius 3 is 2.65 bits per heavy atom. The van der Waals surface area contributed by atoms with E-state index in [2.05, 4.69) is 10.2 Å². The minimum absolute atomic E-state index is 0.197. The van der Waals surface area contributed by atoms with Crippen LogP contribution in [0, 0.1) is 5.82 Å². The molecular weight excluding hydrogens is 321 g/mol. The molecule has 2 aromatic rings. The van der Waals surface area contributed by atoms with Gasteiger partial charge in [0.05, 0.1) is 10.9 Å². The summed E-state index contributed by atoms with van der Waals surface area (Å²) < 4.78 is 36.1. The Morgan fingerprint density at radius 1 is 1.35 bits per heavy atom. The summed E-state index contributed by atoms with van der Waals surface area (Å²) in [6, 6.07) is 7.39. The topological polar surface area (TPSA) is 83.1 Å². The van der Waals surface area contributed by atoms with Gasteiger partial charge in [-0.1, -0.05) is 0 Å². The van der Waals surface area contributed by atoms with Crippen LogP contribution in [0.1, 0.15) is 16.9 Å². The summed E-state index contributed by atoms with van der Waals surface area (Å²) in [5.41, 5.74) is 1.52. The second-order valence-electron chi connectivity index (χ2n) is 5.67. The van der Waals surface area contributed by atoms with E-state index in [0.29, 0.717) is 29.9 Å². The highest BCUT2D eigenvalue weighted by Crippen LogP contribution is 2.21. The van der Waals surface area contributed by atoms with Gasteiger partial charge >= 0.3 is 0 Å². The molecule has 1 unspecified atom stereocenters. The van der Waals surface area contributed by atoms with Crippen molar-refractivity contribution in [2.75, 3.05) is 19.3 Å². The van der Waals surface area contributed by atoms with Crippen LogP contribution in [0.25, 0.3) is 11.3 Å². The molecule has 122 valence electrons. The molecule has 1 fully saturated rings. The van der Waals surface area contributed by atoms with Gasteiger partial charge in [-0.05, 0) is 36.8 Å². The number of hydrogen-bond donors (Lipinski definition) is 1. The van der Waals surface area contributed by atoms with E-state index in [1.807, 2.05) is 0 Å². The fourth-order valence-electron chi connectivity index (χ4n) is 2.63. The van der Waals surface area contributed by atoms with Gasteiger partial charge in [-0.2, -0.15) is 5.10 Å². The summed E-state index contributed by atoms with van der Waals surface area (Å²) in [4.78, 5) is 13.9. The van der Waals surface area contributed by atoms with Crippen LogP contribution in [-0.4, -0.2) is 54.0 Å². The van der Waals surface area contributed by atoms with E-state index in [1.54, 1.807) is 18.2 Å². The molecule has 8 heteroatoms. The van der Waals surface area contributed by atoms with Crippen molar-refractivity contribution < 1.29 is 17.6 Å². The van der Waals surface area contributed by atoms with Gasteiger partial charge in [0.1, 0.15) is 11.5 Å². The number of aromatic nitrogens is 2. The molecule has 6 nitrogen and oxygen atoms in total. The Morgan fingerprint density at radius 2 is 2.04 bits per heavy atom. The van der Waals surface area contributed by atoms with E-state index in [4.69, 9.17) is 0 Å². The first kappa shape index (κ1) is 15.7. The molecule has 0 saturated carbocycles. The van der Waals surface area contributed by atoms with Crippen LogP contribution < -0.4 is 0 Å². The third kappa shape index (κ3) is 3.26. The number of halogens is 1. The molecule has 1 aliphatic heterocycles. The molecule has 1 N–H and O–H groups in total. The predicted molar refractivity (Wildman–Crippen MR) is 83.1 cm³/mol. The van der Waals surface area contributed by atoms with Crippen LogP contribution >= 0.6 is 0 Å². The molecule has 0 aliphatic carbocycles. The number of carbonyl (C=O) groups is 1. The van der Waals surface area contributed by atoms with E-state index < -0.39 is 15.1 Å². The number of likely N-dealkylation sites (tertiary alicyclic amines) is 1. The number of nitrogens with zero attached hydrogens (tertiary/aromatic N) is 2. The molecule has 23 heavy (non-hydrogen) atoms.